The van der Waals surface area contributed by atoms with Crippen molar-refractivity contribution in [1.29, 1.82) is 0 Å². The molecule has 0 radical (unpaired) electrons. The van der Waals surface area contributed by atoms with Crippen LogP contribution in [-0.4, -0.2) is 18.8 Å². The largest absolute Gasteiger partial charge is 0.406 e. The van der Waals surface area contributed by atoms with E-state index in [2.05, 4.69) is 5.32 Å². The van der Waals surface area contributed by atoms with Crippen LogP contribution >= 0.6 is 0 Å². The molecule has 0 heterocycles. The van der Waals surface area contributed by atoms with Gasteiger partial charge in [-0.25, -0.2) is 0 Å². The first-order valence-electron chi connectivity index (χ1n) is 5.17. The third-order valence-electron chi connectivity index (χ3n) is 3.39. The summed E-state index contributed by atoms with van der Waals surface area (Å²) in [6.45, 7) is 2.03. The second kappa shape index (κ2) is 4.09. The Bertz CT molecular complexity index is 190. The maximum absolute atomic E-state index is 12.8. The minimum atomic E-state index is -4.12. The number of rotatable bonds is 1. The standard InChI is InChI=1S/C10H18F3N/c1-8-4-3-6-9(14-2,7-5-8)10(11,12)13/h8,14H,3-7H2,1-2H3. The molecule has 84 valence electrons. The van der Waals surface area contributed by atoms with Gasteiger partial charge in [-0.2, -0.15) is 13.2 Å². The van der Waals surface area contributed by atoms with Crippen molar-refractivity contribution in [3.05, 3.63) is 0 Å². The maximum atomic E-state index is 12.8. The van der Waals surface area contributed by atoms with Crippen LogP contribution in [-0.2, 0) is 0 Å². The van der Waals surface area contributed by atoms with E-state index in [1.54, 1.807) is 0 Å². The summed E-state index contributed by atoms with van der Waals surface area (Å²) in [6, 6.07) is 0. The molecule has 0 aromatic rings. The topological polar surface area (TPSA) is 12.0 Å². The summed E-state index contributed by atoms with van der Waals surface area (Å²) >= 11 is 0. The first kappa shape index (κ1) is 11.8. The highest BCUT2D eigenvalue weighted by Gasteiger charge is 2.53. The second-order valence-electron chi connectivity index (χ2n) is 4.37. The van der Waals surface area contributed by atoms with E-state index in [1.807, 2.05) is 6.92 Å². The molecular formula is C10H18F3N. The fourth-order valence-corrected chi connectivity index (χ4v) is 2.19. The Balaban J connectivity index is 2.78. The average molecular weight is 209 g/mol. The molecule has 1 N–H and O–H groups in total. The van der Waals surface area contributed by atoms with Crippen LogP contribution < -0.4 is 5.32 Å². The first-order valence-corrected chi connectivity index (χ1v) is 5.17. The molecule has 2 atom stereocenters. The summed E-state index contributed by atoms with van der Waals surface area (Å²) in [7, 11) is 1.42. The summed E-state index contributed by atoms with van der Waals surface area (Å²) in [4.78, 5) is 0. The van der Waals surface area contributed by atoms with E-state index in [0.29, 0.717) is 18.8 Å². The van der Waals surface area contributed by atoms with E-state index in [-0.39, 0.29) is 12.8 Å². The molecule has 1 nitrogen and oxygen atoms in total. The lowest BCUT2D eigenvalue weighted by Crippen LogP contribution is -2.54. The Morgan fingerprint density at radius 3 is 2.36 bits per heavy atom. The van der Waals surface area contributed by atoms with Gasteiger partial charge in [-0.05, 0) is 32.2 Å². The Labute approximate surface area is 83.1 Å². The molecule has 1 aliphatic rings. The molecule has 1 saturated carbocycles. The van der Waals surface area contributed by atoms with Crippen LogP contribution in [0.2, 0.25) is 0 Å². The molecule has 2 unspecified atom stereocenters. The number of hydrogen-bond donors (Lipinski definition) is 1. The van der Waals surface area contributed by atoms with Gasteiger partial charge in [0.15, 0.2) is 0 Å². The summed E-state index contributed by atoms with van der Waals surface area (Å²) < 4.78 is 38.5. The fourth-order valence-electron chi connectivity index (χ4n) is 2.19. The van der Waals surface area contributed by atoms with Crippen molar-refractivity contribution >= 4 is 0 Å². The predicted octanol–water partition coefficient (Wildman–Crippen LogP) is 3.11. The zero-order chi connectivity index (χ0) is 10.8. The van der Waals surface area contributed by atoms with Gasteiger partial charge < -0.3 is 5.32 Å². The van der Waals surface area contributed by atoms with Crippen molar-refractivity contribution < 1.29 is 13.2 Å². The third-order valence-corrected chi connectivity index (χ3v) is 3.39. The van der Waals surface area contributed by atoms with Crippen LogP contribution in [0.25, 0.3) is 0 Å². The molecule has 14 heavy (non-hydrogen) atoms. The molecule has 4 heteroatoms. The van der Waals surface area contributed by atoms with E-state index in [1.165, 1.54) is 7.05 Å². The van der Waals surface area contributed by atoms with Gasteiger partial charge in [0, 0.05) is 0 Å². The van der Waals surface area contributed by atoms with Crippen molar-refractivity contribution in [2.45, 2.75) is 50.7 Å². The van der Waals surface area contributed by atoms with Gasteiger partial charge in [-0.1, -0.05) is 19.8 Å². The summed E-state index contributed by atoms with van der Waals surface area (Å²) in [5, 5.41) is 2.49. The van der Waals surface area contributed by atoms with E-state index in [0.717, 1.165) is 6.42 Å². The van der Waals surface area contributed by atoms with E-state index in [9.17, 15) is 13.2 Å². The molecule has 0 aromatic heterocycles. The third kappa shape index (κ3) is 2.22. The van der Waals surface area contributed by atoms with Crippen molar-refractivity contribution in [1.82, 2.24) is 5.32 Å². The van der Waals surface area contributed by atoms with Gasteiger partial charge in [-0.3, -0.25) is 0 Å². The smallest absolute Gasteiger partial charge is 0.307 e. The predicted molar refractivity (Wildman–Crippen MR) is 50.1 cm³/mol. The van der Waals surface area contributed by atoms with Crippen LogP contribution in [0.3, 0.4) is 0 Å². The van der Waals surface area contributed by atoms with E-state index in [4.69, 9.17) is 0 Å². The summed E-state index contributed by atoms with van der Waals surface area (Å²) in [6.07, 6.45) is -1.43. The molecule has 1 fully saturated rings. The Morgan fingerprint density at radius 2 is 1.86 bits per heavy atom. The lowest BCUT2D eigenvalue weighted by molar-refractivity contribution is -0.199. The van der Waals surface area contributed by atoms with Crippen LogP contribution in [0.5, 0.6) is 0 Å². The molecule has 0 amide bonds. The number of nitrogens with one attached hydrogen (secondary N) is 1. The average Bonchev–Trinajstić information content (AvgIpc) is 2.26. The lowest BCUT2D eigenvalue weighted by Gasteiger charge is -2.34. The zero-order valence-corrected chi connectivity index (χ0v) is 8.75. The molecule has 1 aliphatic carbocycles. The molecular weight excluding hydrogens is 191 g/mol. The maximum Gasteiger partial charge on any atom is 0.406 e. The first-order chi connectivity index (χ1) is 6.41. The van der Waals surface area contributed by atoms with Gasteiger partial charge in [0.1, 0.15) is 5.54 Å². The minimum absolute atomic E-state index is 0.216. The van der Waals surface area contributed by atoms with Crippen molar-refractivity contribution in [2.24, 2.45) is 5.92 Å². The second-order valence-corrected chi connectivity index (χ2v) is 4.37. The normalized spacial score (nSPS) is 35.4. The van der Waals surface area contributed by atoms with Gasteiger partial charge in [0.05, 0.1) is 0 Å². The van der Waals surface area contributed by atoms with Gasteiger partial charge in [0.2, 0.25) is 0 Å². The van der Waals surface area contributed by atoms with Crippen LogP contribution in [0.1, 0.15) is 39.0 Å². The Kier molecular flexibility index (Phi) is 3.45. The van der Waals surface area contributed by atoms with Crippen molar-refractivity contribution in [3.8, 4) is 0 Å². The monoisotopic (exact) mass is 209 g/mol. The highest BCUT2D eigenvalue weighted by atomic mass is 19.4. The van der Waals surface area contributed by atoms with E-state index < -0.39 is 11.7 Å². The minimum Gasteiger partial charge on any atom is -0.307 e. The van der Waals surface area contributed by atoms with Gasteiger partial charge in [-0.15, -0.1) is 0 Å². The summed E-state index contributed by atoms with van der Waals surface area (Å²) in [5.74, 6) is 0.424. The van der Waals surface area contributed by atoms with Crippen LogP contribution in [0, 0.1) is 5.92 Å². The van der Waals surface area contributed by atoms with Crippen molar-refractivity contribution in [3.63, 3.8) is 0 Å². The van der Waals surface area contributed by atoms with Crippen molar-refractivity contribution in [2.75, 3.05) is 7.05 Å². The molecule has 0 aromatic carbocycles. The number of hydrogen-bond acceptors (Lipinski definition) is 1. The lowest BCUT2D eigenvalue weighted by atomic mass is 9.89. The Hall–Kier alpha value is -0.250. The van der Waals surface area contributed by atoms with Gasteiger partial charge in [0.25, 0.3) is 0 Å². The fraction of sp³-hybridized carbons (Fsp3) is 1.00. The van der Waals surface area contributed by atoms with Gasteiger partial charge >= 0.3 is 6.18 Å². The highest BCUT2D eigenvalue weighted by molar-refractivity contribution is 4.95. The van der Waals surface area contributed by atoms with Crippen LogP contribution in [0.15, 0.2) is 0 Å². The quantitative estimate of drug-likeness (QED) is 0.654. The highest BCUT2D eigenvalue weighted by Crippen LogP contribution is 2.41. The van der Waals surface area contributed by atoms with Crippen LogP contribution in [0.4, 0.5) is 13.2 Å². The Morgan fingerprint density at radius 1 is 1.21 bits per heavy atom. The molecule has 0 aliphatic heterocycles. The molecule has 0 spiro atoms. The molecule has 1 rings (SSSR count). The molecule has 0 saturated heterocycles. The summed E-state index contributed by atoms with van der Waals surface area (Å²) in [5.41, 5.74) is -1.63. The SMILES string of the molecule is CNC1(C(F)(F)F)CCCC(C)CC1. The molecule has 0 bridgehead atoms. The number of alkyl halides is 3. The zero-order valence-electron chi connectivity index (χ0n) is 8.75. The number of halogens is 3. The van der Waals surface area contributed by atoms with E-state index >= 15 is 0 Å².